The highest BCUT2D eigenvalue weighted by Gasteiger charge is 2.47. The molecule has 0 radical (unpaired) electrons. The minimum Gasteiger partial charge on any atom is -0.379 e. The molecule has 3 aliphatic rings. The third-order valence-electron chi connectivity index (χ3n) is 6.36. The van der Waals surface area contributed by atoms with Gasteiger partial charge in [-0.2, -0.15) is 0 Å². The number of fused-ring (bicyclic) bond motifs is 1. The van der Waals surface area contributed by atoms with Gasteiger partial charge in [-0.1, -0.05) is 43.2 Å². The van der Waals surface area contributed by atoms with E-state index >= 15 is 0 Å². The maximum absolute atomic E-state index is 13.2. The van der Waals surface area contributed by atoms with Crippen LogP contribution in [0.3, 0.4) is 0 Å². The second-order valence-electron chi connectivity index (χ2n) is 8.15. The predicted octanol–water partition coefficient (Wildman–Crippen LogP) is 2.64. The van der Waals surface area contributed by atoms with E-state index in [4.69, 9.17) is 4.74 Å². The molecular weight excluding hydrogens is 374 g/mol. The molecule has 28 heavy (non-hydrogen) atoms. The SMILES string of the molecule is CC1(C(=O)NCC2(N3CCOCC3)CCCCC2)Sc2ccccc2NC1=O. The lowest BCUT2D eigenvalue weighted by Gasteiger charge is -2.48. The first-order valence-corrected chi connectivity index (χ1v) is 11.1. The van der Waals surface area contributed by atoms with E-state index in [0.29, 0.717) is 6.54 Å². The average molecular weight is 404 g/mol. The monoisotopic (exact) mass is 403 g/mol. The van der Waals surface area contributed by atoms with Crippen LogP contribution in [-0.2, 0) is 14.3 Å². The number of benzene rings is 1. The van der Waals surface area contributed by atoms with E-state index in [1.165, 1.54) is 31.0 Å². The van der Waals surface area contributed by atoms with E-state index in [9.17, 15) is 9.59 Å². The summed E-state index contributed by atoms with van der Waals surface area (Å²) in [6.45, 7) is 5.65. The lowest BCUT2D eigenvalue weighted by molar-refractivity contribution is -0.130. The number of carbonyl (C=O) groups is 2. The van der Waals surface area contributed by atoms with Crippen LogP contribution in [0.25, 0.3) is 0 Å². The summed E-state index contributed by atoms with van der Waals surface area (Å²) in [7, 11) is 0. The molecule has 1 aromatic rings. The molecule has 1 unspecified atom stereocenters. The van der Waals surface area contributed by atoms with Crippen molar-refractivity contribution in [2.75, 3.05) is 38.2 Å². The minimum absolute atomic E-state index is 0.0121. The van der Waals surface area contributed by atoms with Gasteiger partial charge in [-0.3, -0.25) is 14.5 Å². The third kappa shape index (κ3) is 3.67. The van der Waals surface area contributed by atoms with Gasteiger partial charge in [-0.05, 0) is 31.9 Å². The van der Waals surface area contributed by atoms with E-state index in [-0.39, 0.29) is 17.4 Å². The number of ether oxygens (including phenoxy) is 1. The molecule has 1 aromatic carbocycles. The van der Waals surface area contributed by atoms with Crippen molar-refractivity contribution in [2.45, 2.75) is 54.2 Å². The molecule has 1 atom stereocenters. The number of hydrogen-bond acceptors (Lipinski definition) is 5. The summed E-state index contributed by atoms with van der Waals surface area (Å²) in [4.78, 5) is 29.3. The molecule has 2 heterocycles. The summed E-state index contributed by atoms with van der Waals surface area (Å²) in [5, 5.41) is 6.05. The highest BCUT2D eigenvalue weighted by Crippen LogP contribution is 2.42. The van der Waals surface area contributed by atoms with Crippen molar-refractivity contribution in [1.29, 1.82) is 0 Å². The Balaban J connectivity index is 1.48. The molecule has 0 aromatic heterocycles. The Morgan fingerprint density at radius 2 is 1.93 bits per heavy atom. The maximum atomic E-state index is 13.2. The topological polar surface area (TPSA) is 70.7 Å². The molecule has 1 aliphatic carbocycles. The summed E-state index contributed by atoms with van der Waals surface area (Å²) in [6, 6.07) is 7.63. The van der Waals surface area contributed by atoms with Gasteiger partial charge < -0.3 is 15.4 Å². The Morgan fingerprint density at radius 3 is 2.68 bits per heavy atom. The van der Waals surface area contributed by atoms with Crippen LogP contribution in [0.5, 0.6) is 0 Å². The Hall–Kier alpha value is -1.57. The summed E-state index contributed by atoms with van der Waals surface area (Å²) in [5.41, 5.74) is 0.765. The Kier molecular flexibility index (Phi) is 5.67. The first-order valence-electron chi connectivity index (χ1n) is 10.2. The molecular formula is C21H29N3O3S. The molecule has 0 bridgehead atoms. The smallest absolute Gasteiger partial charge is 0.250 e. The molecule has 1 saturated carbocycles. The van der Waals surface area contributed by atoms with Gasteiger partial charge in [0, 0.05) is 30.1 Å². The number of para-hydroxylation sites is 1. The summed E-state index contributed by atoms with van der Waals surface area (Å²) >= 11 is 1.34. The fourth-order valence-corrected chi connectivity index (χ4v) is 5.71. The van der Waals surface area contributed by atoms with Crippen LogP contribution in [0.4, 0.5) is 5.69 Å². The molecule has 2 N–H and O–H groups in total. The molecule has 0 spiro atoms. The van der Waals surface area contributed by atoms with Crippen LogP contribution < -0.4 is 10.6 Å². The second kappa shape index (κ2) is 8.05. The van der Waals surface area contributed by atoms with Crippen molar-refractivity contribution in [3.8, 4) is 0 Å². The molecule has 2 fully saturated rings. The quantitative estimate of drug-likeness (QED) is 0.757. The van der Waals surface area contributed by atoms with Crippen LogP contribution in [0.1, 0.15) is 39.0 Å². The molecule has 4 rings (SSSR count). The first-order chi connectivity index (χ1) is 13.5. The second-order valence-corrected chi connectivity index (χ2v) is 9.61. The number of rotatable bonds is 4. The van der Waals surface area contributed by atoms with E-state index in [1.54, 1.807) is 6.92 Å². The zero-order valence-electron chi connectivity index (χ0n) is 16.5. The van der Waals surface area contributed by atoms with E-state index in [1.807, 2.05) is 24.3 Å². The van der Waals surface area contributed by atoms with Gasteiger partial charge in [0.05, 0.1) is 18.9 Å². The van der Waals surface area contributed by atoms with Gasteiger partial charge >= 0.3 is 0 Å². The first kappa shape index (κ1) is 19.7. The number of morpholine rings is 1. The van der Waals surface area contributed by atoms with Crippen LogP contribution in [0.2, 0.25) is 0 Å². The van der Waals surface area contributed by atoms with E-state index < -0.39 is 4.75 Å². The van der Waals surface area contributed by atoms with Crippen molar-refractivity contribution >= 4 is 29.3 Å². The predicted molar refractivity (Wildman–Crippen MR) is 111 cm³/mol. The van der Waals surface area contributed by atoms with Gasteiger partial charge in [0.15, 0.2) is 4.75 Å². The number of hydrogen-bond donors (Lipinski definition) is 2. The highest BCUT2D eigenvalue weighted by atomic mass is 32.2. The van der Waals surface area contributed by atoms with Crippen molar-refractivity contribution in [3.63, 3.8) is 0 Å². The fraction of sp³-hybridized carbons (Fsp3) is 0.619. The van der Waals surface area contributed by atoms with Crippen molar-refractivity contribution < 1.29 is 14.3 Å². The molecule has 152 valence electrons. The Labute approximate surface area is 170 Å². The van der Waals surface area contributed by atoms with Crippen LogP contribution in [0, 0.1) is 0 Å². The number of anilines is 1. The Bertz CT molecular complexity index is 744. The minimum atomic E-state index is -1.16. The molecule has 2 aliphatic heterocycles. The van der Waals surface area contributed by atoms with Gasteiger partial charge in [0.1, 0.15) is 0 Å². The zero-order valence-corrected chi connectivity index (χ0v) is 17.3. The summed E-state index contributed by atoms with van der Waals surface area (Å²) in [5.74, 6) is -0.458. The normalized spacial score (nSPS) is 27.5. The lowest BCUT2D eigenvalue weighted by Crippen LogP contribution is -2.62. The van der Waals surface area contributed by atoms with Gasteiger partial charge in [-0.15, -0.1) is 0 Å². The summed E-state index contributed by atoms with van der Waals surface area (Å²) < 4.78 is 4.38. The lowest BCUT2D eigenvalue weighted by atomic mass is 9.79. The standard InChI is InChI=1S/C21H29N3O3S/c1-20(19(26)23-16-7-3-4-8-17(16)28-20)18(25)22-15-21(9-5-2-6-10-21)24-11-13-27-14-12-24/h3-4,7-8H,2,5-6,9-15H2,1H3,(H,22,25)(H,23,26). The number of carbonyl (C=O) groups excluding carboxylic acids is 2. The van der Waals surface area contributed by atoms with E-state index in [2.05, 4.69) is 15.5 Å². The van der Waals surface area contributed by atoms with Crippen molar-refractivity contribution in [3.05, 3.63) is 24.3 Å². The van der Waals surface area contributed by atoms with Crippen molar-refractivity contribution in [1.82, 2.24) is 10.2 Å². The average Bonchev–Trinajstić information content (AvgIpc) is 2.74. The van der Waals surface area contributed by atoms with Crippen LogP contribution in [-0.4, -0.2) is 59.8 Å². The van der Waals surface area contributed by atoms with Gasteiger partial charge in [0.25, 0.3) is 0 Å². The van der Waals surface area contributed by atoms with Crippen LogP contribution >= 0.6 is 11.8 Å². The molecule has 1 saturated heterocycles. The maximum Gasteiger partial charge on any atom is 0.250 e. The van der Waals surface area contributed by atoms with Gasteiger partial charge in [-0.25, -0.2) is 0 Å². The number of nitrogens with zero attached hydrogens (tertiary/aromatic N) is 1. The van der Waals surface area contributed by atoms with Crippen molar-refractivity contribution in [2.24, 2.45) is 0 Å². The largest absolute Gasteiger partial charge is 0.379 e. The van der Waals surface area contributed by atoms with E-state index in [0.717, 1.165) is 49.7 Å². The molecule has 6 nitrogen and oxygen atoms in total. The fourth-order valence-electron chi connectivity index (χ4n) is 4.58. The third-order valence-corrected chi connectivity index (χ3v) is 7.72. The molecule has 7 heteroatoms. The van der Waals surface area contributed by atoms with Crippen LogP contribution in [0.15, 0.2) is 29.2 Å². The highest BCUT2D eigenvalue weighted by molar-refractivity contribution is 8.02. The summed E-state index contributed by atoms with van der Waals surface area (Å²) in [6.07, 6.45) is 5.81. The number of thioether (sulfide) groups is 1. The number of amides is 2. The molecule has 2 amide bonds. The zero-order chi connectivity index (χ0) is 19.6. The number of nitrogens with one attached hydrogen (secondary N) is 2. The Morgan fingerprint density at radius 1 is 1.21 bits per heavy atom. The van der Waals surface area contributed by atoms with Gasteiger partial charge in [0.2, 0.25) is 11.8 Å².